The van der Waals surface area contributed by atoms with Gasteiger partial charge in [-0.25, -0.2) is 0 Å². The van der Waals surface area contributed by atoms with Crippen molar-refractivity contribution in [2.45, 2.75) is 61.5 Å². The number of aromatic hydroxyl groups is 1. The number of phenols is 1. The second kappa shape index (κ2) is 18.6. The van der Waals surface area contributed by atoms with Crippen LogP contribution in [0.25, 0.3) is 0 Å². The number of thiol groups is 2. The van der Waals surface area contributed by atoms with Crippen LogP contribution in [0.1, 0.15) is 31.2 Å². The summed E-state index contributed by atoms with van der Waals surface area (Å²) in [5.41, 5.74) is 9.29. The molecule has 1 aromatic rings. The van der Waals surface area contributed by atoms with Crippen LogP contribution in [0.15, 0.2) is 24.3 Å². The van der Waals surface area contributed by atoms with Gasteiger partial charge in [0.1, 0.15) is 17.8 Å². The second-order valence-electron chi connectivity index (χ2n) is 11.3. The van der Waals surface area contributed by atoms with Crippen molar-refractivity contribution in [2.75, 3.05) is 25.5 Å². The summed E-state index contributed by atoms with van der Waals surface area (Å²) in [4.78, 5) is 89.7. The lowest BCUT2D eigenvalue weighted by atomic mass is 9.91. The average molecular weight is 701 g/mol. The number of nitrogens with one attached hydrogen (secondary N) is 2. The number of rotatable bonds is 19. The molecule has 1 fully saturated rings. The third-order valence-corrected chi connectivity index (χ3v) is 8.82. The van der Waals surface area contributed by atoms with E-state index in [2.05, 4.69) is 41.6 Å². The first-order chi connectivity index (χ1) is 22.1. The number of benzene rings is 1. The van der Waals surface area contributed by atoms with Crippen molar-refractivity contribution in [1.29, 1.82) is 0 Å². The standard InChI is InChI=1S/C29H41N5O11S2/c30-23(24(47)29(44)45)22(39)10-16(11-35)28(43)34-7-1-2-20(34)27(42)33-19(13-46)21(38)9-15(8-14-3-5-17(37)6-4-14)26(41)32-18(12-36)25(31)40/h3-6,15-16,18-20,23-24,35-37,46-47H,1-2,7-13,30H2,(H2,31,40)(H,32,41)(H,33,42)(H,44,45)/p+1/t15-,16+,18+,19+,20+,23-,24-/m1/s1. The van der Waals surface area contributed by atoms with Gasteiger partial charge in [0, 0.05) is 31.1 Å². The molecule has 18 heteroatoms. The van der Waals surface area contributed by atoms with Crippen LogP contribution < -0.4 is 22.1 Å². The number of carbonyl (C=O) groups is 7. The Morgan fingerprint density at radius 1 is 0.957 bits per heavy atom. The van der Waals surface area contributed by atoms with Crippen LogP contribution in [-0.2, 0) is 40.0 Å². The normalized spacial score (nSPS) is 18.2. The summed E-state index contributed by atoms with van der Waals surface area (Å²) in [6.45, 7) is -1.40. The molecule has 0 unspecified atom stereocenters. The zero-order chi connectivity index (χ0) is 35.4. The summed E-state index contributed by atoms with van der Waals surface area (Å²) in [6, 6.07) is 0.907. The van der Waals surface area contributed by atoms with Crippen molar-refractivity contribution in [3.05, 3.63) is 29.8 Å². The van der Waals surface area contributed by atoms with E-state index in [0.29, 0.717) is 12.0 Å². The molecule has 0 bridgehead atoms. The van der Waals surface area contributed by atoms with Crippen LogP contribution in [0.4, 0.5) is 0 Å². The van der Waals surface area contributed by atoms with Crippen molar-refractivity contribution in [1.82, 2.24) is 15.5 Å². The fourth-order valence-corrected chi connectivity index (χ4v) is 5.52. The van der Waals surface area contributed by atoms with Gasteiger partial charge >= 0.3 is 5.97 Å². The Labute approximate surface area is 281 Å². The van der Waals surface area contributed by atoms with E-state index in [0.717, 1.165) is 0 Å². The molecule has 0 saturated carbocycles. The van der Waals surface area contributed by atoms with Gasteiger partial charge in [0.05, 0.1) is 25.2 Å². The number of nitrogens with two attached hydrogens (primary N) is 1. The van der Waals surface area contributed by atoms with E-state index in [1.807, 2.05) is 0 Å². The monoisotopic (exact) mass is 700 g/mol. The third-order valence-electron chi connectivity index (χ3n) is 7.87. The number of ketones is 2. The molecule has 1 saturated heterocycles. The van der Waals surface area contributed by atoms with E-state index in [9.17, 15) is 48.9 Å². The summed E-state index contributed by atoms with van der Waals surface area (Å²) in [7, 11) is 0. The van der Waals surface area contributed by atoms with E-state index < -0.39 is 108 Å². The summed E-state index contributed by atoms with van der Waals surface area (Å²) < 4.78 is 0. The minimum Gasteiger partial charge on any atom is -0.508 e. The van der Waals surface area contributed by atoms with Crippen molar-refractivity contribution in [3.8, 4) is 5.75 Å². The number of carboxylic acid groups (broad SMARTS) is 1. The number of carboxylic acids is 1. The smallest absolute Gasteiger partial charge is 0.323 e. The number of hydrogen-bond donors (Lipinski definition) is 10. The Hall–Kier alpha value is -3.71. The first-order valence-corrected chi connectivity index (χ1v) is 15.9. The molecular formula is C29H42N5O11S2+. The molecule has 0 radical (unpaired) electrons. The molecule has 0 aliphatic carbocycles. The van der Waals surface area contributed by atoms with Crippen LogP contribution in [-0.4, -0.2) is 121 Å². The van der Waals surface area contributed by atoms with E-state index >= 15 is 0 Å². The van der Waals surface area contributed by atoms with Gasteiger partial charge in [-0.2, -0.15) is 25.3 Å². The lowest BCUT2D eigenvalue weighted by Gasteiger charge is -2.29. The fourth-order valence-electron chi connectivity index (χ4n) is 5.06. The lowest BCUT2D eigenvalue weighted by Crippen LogP contribution is -2.70. The Morgan fingerprint density at radius 3 is 2.11 bits per heavy atom. The Morgan fingerprint density at radius 2 is 1.57 bits per heavy atom. The highest BCUT2D eigenvalue weighted by Crippen LogP contribution is 2.23. The molecule has 0 aromatic heterocycles. The predicted molar refractivity (Wildman–Crippen MR) is 171 cm³/mol. The zero-order valence-electron chi connectivity index (χ0n) is 25.5. The molecule has 1 aliphatic rings. The number of likely N-dealkylation sites (tertiary alicyclic amines) is 1. The predicted octanol–water partition coefficient (Wildman–Crippen LogP) is -3.56. The highest BCUT2D eigenvalue weighted by Gasteiger charge is 2.40. The number of aliphatic hydroxyl groups is 2. The number of aliphatic carboxylic acids is 1. The maximum absolute atomic E-state index is 13.4. The van der Waals surface area contributed by atoms with Crippen molar-refractivity contribution in [2.24, 2.45) is 17.6 Å². The molecule has 2 rings (SSSR count). The summed E-state index contributed by atoms with van der Waals surface area (Å²) in [6.07, 6.45) is -0.331. The lowest BCUT2D eigenvalue weighted by molar-refractivity contribution is -0.400. The summed E-state index contributed by atoms with van der Waals surface area (Å²) in [5.74, 6) is -8.36. The number of amides is 4. The molecule has 7 atom stereocenters. The average Bonchev–Trinajstić information content (AvgIpc) is 3.54. The molecule has 1 heterocycles. The van der Waals surface area contributed by atoms with Gasteiger partial charge in [-0.3, -0.25) is 33.6 Å². The van der Waals surface area contributed by atoms with Gasteiger partial charge in [0.2, 0.25) is 23.6 Å². The Kier molecular flexibility index (Phi) is 15.6. The largest absolute Gasteiger partial charge is 0.508 e. The van der Waals surface area contributed by atoms with Crippen molar-refractivity contribution in [3.63, 3.8) is 0 Å². The van der Waals surface area contributed by atoms with Gasteiger partial charge in [-0.1, -0.05) is 12.1 Å². The molecular weight excluding hydrogens is 658 g/mol. The van der Waals surface area contributed by atoms with Crippen LogP contribution in [0.2, 0.25) is 0 Å². The first kappa shape index (κ1) is 39.5. The molecule has 0 spiro atoms. The molecule has 47 heavy (non-hydrogen) atoms. The molecule has 11 N–H and O–H groups in total. The third kappa shape index (κ3) is 11.2. The van der Waals surface area contributed by atoms with Crippen LogP contribution in [0, 0.1) is 11.8 Å². The molecule has 4 amide bonds. The number of Topliss-reactive ketones (excluding diaryl/α,β-unsaturated/α-hetero) is 2. The number of quaternary nitrogens is 1. The minimum absolute atomic E-state index is 0.0112. The van der Waals surface area contributed by atoms with E-state index in [-0.39, 0.29) is 30.9 Å². The Balaban J connectivity index is 2.16. The molecule has 16 nitrogen and oxygen atoms in total. The van der Waals surface area contributed by atoms with Gasteiger partial charge in [-0.15, -0.1) is 0 Å². The number of nitrogens with zero attached hydrogens (tertiary/aromatic N) is 1. The number of aliphatic hydroxyl groups excluding tert-OH is 2. The number of primary amides is 1. The summed E-state index contributed by atoms with van der Waals surface area (Å²) in [5, 5.41) is 41.5. The first-order valence-electron chi connectivity index (χ1n) is 14.7. The Bertz CT molecular complexity index is 1320. The number of carbonyl (C=O) groups excluding carboxylic acids is 6. The quantitative estimate of drug-likeness (QED) is 0.0631. The fraction of sp³-hybridized carbons (Fsp3) is 0.552. The van der Waals surface area contributed by atoms with Gasteiger partial charge in [0.15, 0.2) is 22.9 Å². The van der Waals surface area contributed by atoms with Crippen molar-refractivity contribution >= 4 is 66.4 Å². The zero-order valence-corrected chi connectivity index (χ0v) is 27.3. The molecule has 260 valence electrons. The van der Waals surface area contributed by atoms with E-state index in [4.69, 9.17) is 10.8 Å². The summed E-state index contributed by atoms with van der Waals surface area (Å²) >= 11 is 8.04. The van der Waals surface area contributed by atoms with Crippen LogP contribution in [0.5, 0.6) is 5.75 Å². The number of phenolic OH excluding ortho intramolecular Hbond substituents is 1. The minimum atomic E-state index is -1.41. The topological polar surface area (TPSA) is 281 Å². The van der Waals surface area contributed by atoms with Crippen LogP contribution in [0.3, 0.4) is 0 Å². The number of hydrogen-bond acceptors (Lipinski definition) is 12. The molecule has 1 aromatic carbocycles. The highest BCUT2D eigenvalue weighted by molar-refractivity contribution is 7.81. The highest BCUT2D eigenvalue weighted by atomic mass is 32.1. The van der Waals surface area contributed by atoms with Crippen LogP contribution >= 0.6 is 25.3 Å². The second-order valence-corrected chi connectivity index (χ2v) is 12.2. The SMILES string of the molecule is NC(=O)[C@H](CO)NC(=O)[C@@H](CC(=O)[C@H](CS)NC(=O)[C@@H]1CCCN1C(=O)[C@H](CO)CC(=O)[C@@H]([NH3+])[C@@H](S)C(=O)O)Cc1ccc(O)cc1. The molecule has 1 aliphatic heterocycles. The van der Waals surface area contributed by atoms with Crippen molar-refractivity contribution < 1.29 is 59.7 Å². The van der Waals surface area contributed by atoms with E-state index in [1.165, 1.54) is 29.2 Å². The van der Waals surface area contributed by atoms with E-state index in [1.54, 1.807) is 0 Å². The van der Waals surface area contributed by atoms with Gasteiger partial charge in [-0.05, 0) is 37.0 Å². The maximum atomic E-state index is 13.4. The van der Waals surface area contributed by atoms with Gasteiger partial charge < -0.3 is 47.4 Å². The van der Waals surface area contributed by atoms with Gasteiger partial charge in [0.25, 0.3) is 0 Å². The maximum Gasteiger partial charge on any atom is 0.323 e.